The Hall–Kier alpha value is -2.62. The second-order valence-electron chi connectivity index (χ2n) is 7.20. The van der Waals surface area contributed by atoms with Gasteiger partial charge in [-0.3, -0.25) is 9.59 Å². The summed E-state index contributed by atoms with van der Waals surface area (Å²) >= 11 is 0. The molecular weight excluding hydrogens is 324 g/mol. The second-order valence-corrected chi connectivity index (χ2v) is 7.20. The van der Waals surface area contributed by atoms with Crippen LogP contribution in [0.4, 0.5) is 0 Å². The Morgan fingerprint density at radius 2 is 1.38 bits per heavy atom. The fraction of sp³-hybridized carbons (Fsp3) is 0.364. The van der Waals surface area contributed by atoms with E-state index in [1.54, 1.807) is 0 Å². The first kappa shape index (κ1) is 16.8. The molecule has 134 valence electrons. The molecule has 2 aliphatic rings. The van der Waals surface area contributed by atoms with Gasteiger partial charge in [-0.15, -0.1) is 0 Å². The second kappa shape index (κ2) is 7.32. The van der Waals surface area contributed by atoms with Crippen molar-refractivity contribution in [1.82, 2.24) is 9.80 Å². The van der Waals surface area contributed by atoms with E-state index in [-0.39, 0.29) is 17.7 Å². The highest BCUT2D eigenvalue weighted by Gasteiger charge is 2.45. The molecule has 0 bridgehead atoms. The molecule has 4 nitrogen and oxygen atoms in total. The van der Waals surface area contributed by atoms with Crippen molar-refractivity contribution >= 4 is 11.8 Å². The van der Waals surface area contributed by atoms with Crippen LogP contribution in [0.2, 0.25) is 0 Å². The van der Waals surface area contributed by atoms with Gasteiger partial charge in [-0.05, 0) is 36.5 Å². The lowest BCUT2D eigenvalue weighted by atomic mass is 10.1. The van der Waals surface area contributed by atoms with Crippen molar-refractivity contribution < 1.29 is 9.59 Å². The minimum atomic E-state index is 0.0634. The number of hydrogen-bond acceptors (Lipinski definition) is 2. The van der Waals surface area contributed by atoms with Crippen LogP contribution in [-0.4, -0.2) is 47.8 Å². The summed E-state index contributed by atoms with van der Waals surface area (Å²) in [5, 5.41) is 0. The molecule has 0 spiro atoms. The molecule has 2 aromatic rings. The van der Waals surface area contributed by atoms with E-state index < -0.39 is 0 Å². The fourth-order valence-corrected chi connectivity index (χ4v) is 3.88. The summed E-state index contributed by atoms with van der Waals surface area (Å²) in [4.78, 5) is 29.3. The summed E-state index contributed by atoms with van der Waals surface area (Å²) < 4.78 is 0. The van der Waals surface area contributed by atoms with E-state index in [1.165, 1.54) is 5.56 Å². The molecule has 2 atom stereocenters. The number of carbonyl (C=O) groups excluding carboxylic acids is 2. The molecule has 2 amide bonds. The Morgan fingerprint density at radius 1 is 0.769 bits per heavy atom. The molecule has 1 aliphatic heterocycles. The van der Waals surface area contributed by atoms with Gasteiger partial charge in [0.15, 0.2) is 0 Å². The van der Waals surface area contributed by atoms with Gasteiger partial charge in [0.1, 0.15) is 0 Å². The van der Waals surface area contributed by atoms with E-state index in [0.717, 1.165) is 24.9 Å². The lowest BCUT2D eigenvalue weighted by molar-refractivity contribution is -0.132. The van der Waals surface area contributed by atoms with Crippen LogP contribution in [0.15, 0.2) is 60.7 Å². The molecule has 1 saturated carbocycles. The van der Waals surface area contributed by atoms with Gasteiger partial charge in [-0.2, -0.15) is 0 Å². The van der Waals surface area contributed by atoms with Crippen LogP contribution in [0, 0.1) is 5.92 Å². The van der Waals surface area contributed by atoms with E-state index in [9.17, 15) is 9.59 Å². The van der Waals surface area contributed by atoms with Crippen molar-refractivity contribution in [3.05, 3.63) is 71.8 Å². The number of amides is 2. The third-order valence-corrected chi connectivity index (χ3v) is 5.45. The lowest BCUT2D eigenvalue weighted by Gasteiger charge is -2.22. The Kier molecular flexibility index (Phi) is 4.74. The predicted molar refractivity (Wildman–Crippen MR) is 101 cm³/mol. The summed E-state index contributed by atoms with van der Waals surface area (Å²) in [7, 11) is 0. The van der Waals surface area contributed by atoms with Gasteiger partial charge in [0.2, 0.25) is 5.91 Å². The molecule has 2 fully saturated rings. The summed E-state index contributed by atoms with van der Waals surface area (Å²) in [5.74, 6) is 0.809. The lowest BCUT2D eigenvalue weighted by Crippen LogP contribution is -2.38. The van der Waals surface area contributed by atoms with Crippen LogP contribution in [0.1, 0.15) is 34.7 Å². The Bertz CT molecular complexity index is 775. The average molecular weight is 348 g/mol. The topological polar surface area (TPSA) is 40.6 Å². The van der Waals surface area contributed by atoms with E-state index >= 15 is 0 Å². The summed E-state index contributed by atoms with van der Waals surface area (Å²) in [6.45, 7) is 2.71. The maximum Gasteiger partial charge on any atom is 0.253 e. The van der Waals surface area contributed by atoms with Gasteiger partial charge in [-0.25, -0.2) is 0 Å². The van der Waals surface area contributed by atoms with Crippen molar-refractivity contribution in [2.75, 3.05) is 26.2 Å². The van der Waals surface area contributed by atoms with Crippen LogP contribution in [-0.2, 0) is 4.79 Å². The average Bonchev–Trinajstić information content (AvgIpc) is 3.52. The monoisotopic (exact) mass is 348 g/mol. The van der Waals surface area contributed by atoms with Crippen LogP contribution < -0.4 is 0 Å². The quantitative estimate of drug-likeness (QED) is 0.855. The molecule has 0 N–H and O–H groups in total. The highest BCUT2D eigenvalue weighted by Crippen LogP contribution is 2.48. The van der Waals surface area contributed by atoms with Crippen molar-refractivity contribution in [3.8, 4) is 0 Å². The van der Waals surface area contributed by atoms with Crippen LogP contribution >= 0.6 is 0 Å². The van der Waals surface area contributed by atoms with Gasteiger partial charge in [0.05, 0.1) is 0 Å². The Balaban J connectivity index is 1.35. The maximum atomic E-state index is 12.9. The summed E-state index contributed by atoms with van der Waals surface area (Å²) in [5.41, 5.74) is 1.99. The minimum Gasteiger partial charge on any atom is -0.341 e. The molecular formula is C22H24N2O2. The minimum absolute atomic E-state index is 0.0634. The number of nitrogens with zero attached hydrogens (tertiary/aromatic N) is 2. The first-order valence-corrected chi connectivity index (χ1v) is 9.42. The molecule has 1 saturated heterocycles. The largest absolute Gasteiger partial charge is 0.341 e. The van der Waals surface area contributed by atoms with E-state index in [1.807, 2.05) is 58.3 Å². The molecule has 0 radical (unpaired) electrons. The van der Waals surface area contributed by atoms with Gasteiger partial charge in [-0.1, -0.05) is 48.5 Å². The van der Waals surface area contributed by atoms with E-state index in [2.05, 4.69) is 12.1 Å². The molecule has 26 heavy (non-hydrogen) atoms. The maximum absolute atomic E-state index is 12.9. The SMILES string of the molecule is O=C(c1ccccc1)N1CCCN(C(=O)[C@H]2C[C@@H]2c2ccccc2)CC1. The highest BCUT2D eigenvalue weighted by atomic mass is 16.2. The van der Waals surface area contributed by atoms with Crippen molar-refractivity contribution in [1.29, 1.82) is 0 Å². The van der Waals surface area contributed by atoms with Gasteiger partial charge < -0.3 is 9.80 Å². The van der Waals surface area contributed by atoms with Gasteiger partial charge in [0, 0.05) is 37.7 Å². The molecule has 1 heterocycles. The molecule has 1 aliphatic carbocycles. The van der Waals surface area contributed by atoms with Gasteiger partial charge >= 0.3 is 0 Å². The number of hydrogen-bond donors (Lipinski definition) is 0. The zero-order chi connectivity index (χ0) is 17.9. The van der Waals surface area contributed by atoms with Crippen molar-refractivity contribution in [2.24, 2.45) is 5.92 Å². The Labute approximate surface area is 154 Å². The number of benzene rings is 2. The van der Waals surface area contributed by atoms with Crippen molar-refractivity contribution in [2.45, 2.75) is 18.8 Å². The summed E-state index contributed by atoms with van der Waals surface area (Å²) in [6, 6.07) is 19.7. The van der Waals surface area contributed by atoms with Crippen LogP contribution in [0.5, 0.6) is 0 Å². The number of rotatable bonds is 3. The van der Waals surface area contributed by atoms with E-state index in [0.29, 0.717) is 25.6 Å². The van der Waals surface area contributed by atoms with Crippen LogP contribution in [0.25, 0.3) is 0 Å². The summed E-state index contributed by atoms with van der Waals surface area (Å²) in [6.07, 6.45) is 1.79. The molecule has 0 unspecified atom stereocenters. The smallest absolute Gasteiger partial charge is 0.253 e. The third kappa shape index (κ3) is 3.50. The number of carbonyl (C=O) groups is 2. The Morgan fingerprint density at radius 3 is 2.12 bits per heavy atom. The predicted octanol–water partition coefficient (Wildman–Crippen LogP) is 3.16. The first-order chi connectivity index (χ1) is 12.7. The van der Waals surface area contributed by atoms with Gasteiger partial charge in [0.25, 0.3) is 5.91 Å². The normalized spacial score (nSPS) is 22.6. The standard InChI is InChI=1S/C22H24N2O2/c25-21(18-10-5-2-6-11-18)23-12-7-13-24(15-14-23)22(26)20-16-19(20)17-8-3-1-4-9-17/h1-6,8-11,19-20H,7,12-16H2/t19-,20+/m1/s1. The molecule has 0 aromatic heterocycles. The zero-order valence-corrected chi connectivity index (χ0v) is 14.9. The zero-order valence-electron chi connectivity index (χ0n) is 14.9. The first-order valence-electron chi connectivity index (χ1n) is 9.42. The van der Waals surface area contributed by atoms with E-state index in [4.69, 9.17) is 0 Å². The molecule has 4 heteroatoms. The molecule has 4 rings (SSSR count). The highest BCUT2D eigenvalue weighted by molar-refractivity contribution is 5.94. The van der Waals surface area contributed by atoms with Crippen LogP contribution in [0.3, 0.4) is 0 Å². The molecule has 2 aromatic carbocycles. The third-order valence-electron chi connectivity index (χ3n) is 5.45. The fourth-order valence-electron chi connectivity index (χ4n) is 3.88. The van der Waals surface area contributed by atoms with Crippen molar-refractivity contribution in [3.63, 3.8) is 0 Å².